The number of halogens is 2. The molecule has 0 aromatic heterocycles. The van der Waals surface area contributed by atoms with Crippen molar-refractivity contribution in [1.29, 1.82) is 0 Å². The van der Waals surface area contributed by atoms with Crippen LogP contribution in [-0.4, -0.2) is 34.1 Å². The third-order valence-corrected chi connectivity index (χ3v) is 5.40. The summed E-state index contributed by atoms with van der Waals surface area (Å²) in [4.78, 5) is 12.1. The molecule has 1 heterocycles. The third-order valence-electron chi connectivity index (χ3n) is 3.36. The van der Waals surface area contributed by atoms with E-state index in [0.29, 0.717) is 30.1 Å². The van der Waals surface area contributed by atoms with Crippen molar-refractivity contribution in [3.8, 4) is 0 Å². The second-order valence-electron chi connectivity index (χ2n) is 4.85. The number of nitrogens with one attached hydrogen (secondary N) is 1. The van der Waals surface area contributed by atoms with Gasteiger partial charge in [-0.3, -0.25) is 4.79 Å². The molecule has 0 spiro atoms. The van der Waals surface area contributed by atoms with Gasteiger partial charge in [-0.1, -0.05) is 0 Å². The Labute approximate surface area is 136 Å². The third kappa shape index (κ3) is 4.67. The van der Waals surface area contributed by atoms with Gasteiger partial charge in [0.15, 0.2) is 0 Å². The average Bonchev–Trinajstić information content (AvgIpc) is 2.45. The zero-order chi connectivity index (χ0) is 15.5. The zero-order valence-corrected chi connectivity index (χ0v) is 14.3. The SMILES string of the molecule is O=C(NCC1CCOCC1)c1cc(S(=O)(=O)Cl)ccc1Br. The minimum Gasteiger partial charge on any atom is -0.381 e. The quantitative estimate of drug-likeness (QED) is 0.794. The summed E-state index contributed by atoms with van der Waals surface area (Å²) in [6.45, 7) is 1.97. The highest BCUT2D eigenvalue weighted by Crippen LogP contribution is 2.23. The molecule has 1 saturated heterocycles. The Morgan fingerprint density at radius 2 is 2.05 bits per heavy atom. The lowest BCUT2D eigenvalue weighted by molar-refractivity contribution is 0.0642. The second kappa shape index (κ2) is 7.09. The standard InChI is InChI=1S/C13H15BrClNO4S/c14-12-2-1-10(21(15,18)19)7-11(12)13(17)16-8-9-3-5-20-6-4-9/h1-2,7,9H,3-6,8H2,(H,16,17). The van der Waals surface area contributed by atoms with E-state index in [1.54, 1.807) is 0 Å². The van der Waals surface area contributed by atoms with Crippen molar-refractivity contribution in [3.05, 3.63) is 28.2 Å². The van der Waals surface area contributed by atoms with Gasteiger partial charge in [0.1, 0.15) is 0 Å². The molecule has 1 N–H and O–H groups in total. The van der Waals surface area contributed by atoms with Gasteiger partial charge >= 0.3 is 0 Å². The molecule has 2 rings (SSSR count). The molecular weight excluding hydrogens is 382 g/mol. The molecule has 1 aromatic rings. The Morgan fingerprint density at radius 1 is 1.38 bits per heavy atom. The van der Waals surface area contributed by atoms with Crippen molar-refractivity contribution in [3.63, 3.8) is 0 Å². The number of benzene rings is 1. The normalized spacial score (nSPS) is 16.7. The van der Waals surface area contributed by atoms with Gasteiger partial charge < -0.3 is 10.1 Å². The Bertz CT molecular complexity index is 629. The van der Waals surface area contributed by atoms with Crippen LogP contribution in [0, 0.1) is 5.92 Å². The molecule has 1 amide bonds. The van der Waals surface area contributed by atoms with Gasteiger partial charge in [-0.25, -0.2) is 8.42 Å². The summed E-state index contributed by atoms with van der Waals surface area (Å²) in [6.07, 6.45) is 1.83. The molecule has 21 heavy (non-hydrogen) atoms. The maximum absolute atomic E-state index is 12.2. The molecule has 1 fully saturated rings. The van der Waals surface area contributed by atoms with Crippen molar-refractivity contribution in [1.82, 2.24) is 5.32 Å². The van der Waals surface area contributed by atoms with Gasteiger partial charge in [0.05, 0.1) is 10.5 Å². The number of carbonyl (C=O) groups excluding carboxylic acids is 1. The molecule has 1 aliphatic heterocycles. The first-order valence-corrected chi connectivity index (χ1v) is 9.58. The lowest BCUT2D eigenvalue weighted by atomic mass is 10.0. The number of hydrogen-bond acceptors (Lipinski definition) is 4. The van der Waals surface area contributed by atoms with E-state index in [2.05, 4.69) is 21.2 Å². The van der Waals surface area contributed by atoms with Crippen LogP contribution < -0.4 is 5.32 Å². The number of hydrogen-bond donors (Lipinski definition) is 1. The second-order valence-corrected chi connectivity index (χ2v) is 8.27. The molecule has 0 bridgehead atoms. The van der Waals surface area contributed by atoms with Gasteiger partial charge in [0.2, 0.25) is 0 Å². The van der Waals surface area contributed by atoms with E-state index < -0.39 is 9.05 Å². The minimum absolute atomic E-state index is 0.0939. The van der Waals surface area contributed by atoms with Gasteiger partial charge in [-0.2, -0.15) is 0 Å². The molecule has 8 heteroatoms. The smallest absolute Gasteiger partial charge is 0.261 e. The lowest BCUT2D eigenvalue weighted by Gasteiger charge is -2.22. The Hall–Kier alpha value is -0.630. The van der Waals surface area contributed by atoms with Crippen LogP contribution in [0.4, 0.5) is 0 Å². The van der Waals surface area contributed by atoms with Crippen LogP contribution in [0.1, 0.15) is 23.2 Å². The summed E-state index contributed by atoms with van der Waals surface area (Å²) in [5.74, 6) is 0.0666. The fraction of sp³-hybridized carbons (Fsp3) is 0.462. The first kappa shape index (κ1) is 16.7. The summed E-state index contributed by atoms with van der Waals surface area (Å²) in [6, 6.07) is 4.12. The van der Waals surface area contributed by atoms with Crippen LogP contribution in [-0.2, 0) is 13.8 Å². The van der Waals surface area contributed by atoms with Gasteiger partial charge in [0, 0.05) is 34.9 Å². The fourth-order valence-corrected chi connectivity index (χ4v) is 3.32. The number of carbonyl (C=O) groups is 1. The van der Waals surface area contributed by atoms with Crippen molar-refractivity contribution < 1.29 is 17.9 Å². The van der Waals surface area contributed by atoms with E-state index in [1.165, 1.54) is 18.2 Å². The minimum atomic E-state index is -3.86. The predicted molar refractivity (Wildman–Crippen MR) is 83.1 cm³/mol. The zero-order valence-electron chi connectivity index (χ0n) is 11.1. The van der Waals surface area contributed by atoms with Gasteiger partial charge in [-0.15, -0.1) is 0 Å². The largest absolute Gasteiger partial charge is 0.381 e. The fourth-order valence-electron chi connectivity index (χ4n) is 2.11. The summed E-state index contributed by atoms with van der Waals surface area (Å²) < 4.78 is 28.4. The molecule has 1 aliphatic rings. The predicted octanol–water partition coefficient (Wildman–Crippen LogP) is 2.53. The van der Waals surface area contributed by atoms with Crippen molar-refractivity contribution >= 4 is 41.6 Å². The number of ether oxygens (including phenoxy) is 1. The summed E-state index contributed by atoms with van der Waals surface area (Å²) in [7, 11) is 1.44. The van der Waals surface area contributed by atoms with Crippen LogP contribution in [0.25, 0.3) is 0 Å². The van der Waals surface area contributed by atoms with E-state index in [0.717, 1.165) is 12.8 Å². The van der Waals surface area contributed by atoms with Crippen LogP contribution in [0.3, 0.4) is 0 Å². The van der Waals surface area contributed by atoms with Crippen molar-refractivity contribution in [2.24, 2.45) is 5.92 Å². The highest BCUT2D eigenvalue weighted by Gasteiger charge is 2.19. The summed E-state index contributed by atoms with van der Waals surface area (Å²) in [5.41, 5.74) is 0.254. The Morgan fingerprint density at radius 3 is 2.67 bits per heavy atom. The molecule has 116 valence electrons. The van der Waals surface area contributed by atoms with E-state index in [-0.39, 0.29) is 16.4 Å². The Kier molecular flexibility index (Phi) is 5.65. The topological polar surface area (TPSA) is 72.5 Å². The van der Waals surface area contributed by atoms with Crippen molar-refractivity contribution in [2.75, 3.05) is 19.8 Å². The molecule has 0 aliphatic carbocycles. The van der Waals surface area contributed by atoms with E-state index in [1.807, 2.05) is 0 Å². The lowest BCUT2D eigenvalue weighted by Crippen LogP contribution is -2.32. The highest BCUT2D eigenvalue weighted by molar-refractivity contribution is 9.10. The maximum atomic E-state index is 12.2. The van der Waals surface area contributed by atoms with E-state index in [9.17, 15) is 13.2 Å². The van der Waals surface area contributed by atoms with Crippen molar-refractivity contribution in [2.45, 2.75) is 17.7 Å². The monoisotopic (exact) mass is 395 g/mol. The van der Waals surface area contributed by atoms with E-state index >= 15 is 0 Å². The first-order valence-electron chi connectivity index (χ1n) is 6.48. The molecule has 0 saturated carbocycles. The van der Waals surface area contributed by atoms with Crippen LogP contribution in [0.15, 0.2) is 27.6 Å². The maximum Gasteiger partial charge on any atom is 0.261 e. The van der Waals surface area contributed by atoms with Crippen LogP contribution in [0.2, 0.25) is 0 Å². The van der Waals surface area contributed by atoms with Crippen LogP contribution >= 0.6 is 26.6 Å². The number of amides is 1. The number of rotatable bonds is 4. The highest BCUT2D eigenvalue weighted by atomic mass is 79.9. The summed E-state index contributed by atoms with van der Waals surface area (Å²) >= 11 is 3.25. The van der Waals surface area contributed by atoms with Gasteiger partial charge in [0.25, 0.3) is 15.0 Å². The van der Waals surface area contributed by atoms with E-state index in [4.69, 9.17) is 15.4 Å². The molecule has 0 unspecified atom stereocenters. The van der Waals surface area contributed by atoms with Gasteiger partial charge in [-0.05, 0) is 52.9 Å². The molecule has 0 radical (unpaired) electrons. The molecule has 1 aromatic carbocycles. The molecule has 5 nitrogen and oxygen atoms in total. The first-order chi connectivity index (χ1) is 9.88. The molecular formula is C13H15BrClNO4S. The Balaban J connectivity index is 2.07. The van der Waals surface area contributed by atoms with Crippen LogP contribution in [0.5, 0.6) is 0 Å². The molecule has 0 atom stereocenters. The summed E-state index contributed by atoms with van der Waals surface area (Å²) in [5, 5.41) is 2.83. The average molecular weight is 397 g/mol.